The van der Waals surface area contributed by atoms with Crippen molar-refractivity contribution in [1.82, 2.24) is 0 Å². The van der Waals surface area contributed by atoms with Crippen LogP contribution >= 0.6 is 8.60 Å². The van der Waals surface area contributed by atoms with Crippen LogP contribution in [0.4, 0.5) is 0 Å². The molecule has 3 aromatic rings. The van der Waals surface area contributed by atoms with E-state index in [1.165, 1.54) is 0 Å². The van der Waals surface area contributed by atoms with Crippen molar-refractivity contribution in [3.63, 3.8) is 0 Å². The molecule has 7 heteroatoms. The third-order valence-corrected chi connectivity index (χ3v) is 10.3. The fourth-order valence-electron chi connectivity index (χ4n) is 7.23. The molecule has 0 aliphatic rings. The third-order valence-electron chi connectivity index (χ3n) is 8.93. The maximum absolute atomic E-state index is 12.8. The molecule has 0 saturated heterocycles. The van der Waals surface area contributed by atoms with Crippen LogP contribution in [0, 0.1) is 35.5 Å². The maximum Gasteiger partial charge on any atom is 0.341 e. The molecule has 0 aliphatic carbocycles. The van der Waals surface area contributed by atoms with Crippen molar-refractivity contribution in [2.75, 3.05) is 0 Å². The molecule has 6 nitrogen and oxygen atoms in total. The lowest BCUT2D eigenvalue weighted by molar-refractivity contribution is -0.230. The second-order valence-electron chi connectivity index (χ2n) is 17.4. The number of aliphatic hydroxyl groups is 3. The Hall–Kier alpha value is -2.15. The van der Waals surface area contributed by atoms with E-state index < -0.39 is 26.0 Å². The van der Waals surface area contributed by atoms with E-state index in [1.807, 2.05) is 114 Å². The van der Waals surface area contributed by atoms with Crippen LogP contribution in [0.2, 0.25) is 0 Å². The Balaban J connectivity index is 2.33. The zero-order valence-corrected chi connectivity index (χ0v) is 35.0. The van der Waals surface area contributed by atoms with E-state index >= 15 is 0 Å². The largest absolute Gasteiger partial charge is 0.361 e. The van der Waals surface area contributed by atoms with E-state index in [4.69, 9.17) is 13.6 Å². The Morgan fingerprint density at radius 3 is 0.846 bits per heavy atom. The predicted octanol–water partition coefficient (Wildman–Crippen LogP) is 11.5. The van der Waals surface area contributed by atoms with Crippen LogP contribution in [0.3, 0.4) is 0 Å². The van der Waals surface area contributed by atoms with Crippen molar-refractivity contribution in [3.8, 4) is 0 Å². The normalized spacial score (nSPS) is 16.6. The van der Waals surface area contributed by atoms with Gasteiger partial charge in [-0.25, -0.2) is 0 Å². The highest BCUT2D eigenvalue weighted by atomic mass is 31.2. The van der Waals surface area contributed by atoms with Crippen molar-refractivity contribution < 1.29 is 28.9 Å². The molecule has 3 aromatic carbocycles. The molecule has 0 aromatic heterocycles. The van der Waals surface area contributed by atoms with Gasteiger partial charge in [0, 0.05) is 36.0 Å². The molecule has 0 fully saturated rings. The van der Waals surface area contributed by atoms with Crippen molar-refractivity contribution in [2.24, 2.45) is 35.5 Å². The van der Waals surface area contributed by atoms with Crippen LogP contribution in [0.15, 0.2) is 72.8 Å². The van der Waals surface area contributed by atoms with Gasteiger partial charge >= 0.3 is 8.60 Å². The molecule has 0 radical (unpaired) electrons. The highest BCUT2D eigenvalue weighted by Crippen LogP contribution is 2.58. The van der Waals surface area contributed by atoms with Crippen LogP contribution in [0.25, 0.3) is 0 Å². The highest BCUT2D eigenvalue weighted by Gasteiger charge is 2.47. The smallest absolute Gasteiger partial charge is 0.341 e. The van der Waals surface area contributed by atoms with Gasteiger partial charge in [0.25, 0.3) is 0 Å². The van der Waals surface area contributed by atoms with Gasteiger partial charge in [-0.3, -0.25) is 13.6 Å². The second kappa shape index (κ2) is 19.4. The summed E-state index contributed by atoms with van der Waals surface area (Å²) in [6.45, 7) is 25.2. The standard InChI is InChI=1S/C45H69O6P/c1-31(2)25-37-19-13-16-22-40(37)43(46,28-34(7)8)49-52(50-44(47,29-35(9)10)41-23-17-14-20-38(41)26-32(3)4)51-45(48,30-36(11)12)42-24-18-15-21-39(42)27-33(5)6/h13-24,31-36,46-48H,25-30H2,1-12H3. The minimum absolute atomic E-state index is 0.0246. The lowest BCUT2D eigenvalue weighted by atomic mass is 9.89. The Morgan fingerprint density at radius 2 is 0.635 bits per heavy atom. The van der Waals surface area contributed by atoms with Crippen molar-refractivity contribution in [1.29, 1.82) is 0 Å². The molecular formula is C45H69O6P. The maximum atomic E-state index is 12.8. The van der Waals surface area contributed by atoms with E-state index in [1.54, 1.807) is 0 Å². The minimum atomic E-state index is -2.64. The Labute approximate surface area is 317 Å². The van der Waals surface area contributed by atoms with Gasteiger partial charge in [-0.2, -0.15) is 0 Å². The lowest BCUT2D eigenvalue weighted by Crippen LogP contribution is -2.38. The van der Waals surface area contributed by atoms with Gasteiger partial charge in [-0.1, -0.05) is 156 Å². The molecular weight excluding hydrogens is 667 g/mol. The summed E-state index contributed by atoms with van der Waals surface area (Å²) >= 11 is 0. The van der Waals surface area contributed by atoms with Crippen LogP contribution < -0.4 is 0 Å². The molecule has 3 atom stereocenters. The molecule has 0 saturated carbocycles. The summed E-state index contributed by atoms with van der Waals surface area (Å²) in [5, 5.41) is 38.5. The first-order valence-corrected chi connectivity index (χ1v) is 20.7. The average Bonchev–Trinajstić information content (AvgIpc) is 2.99. The summed E-state index contributed by atoms with van der Waals surface area (Å²) < 4.78 is 20.6. The third kappa shape index (κ3) is 12.7. The Bertz CT molecular complexity index is 1340. The number of benzene rings is 3. The predicted molar refractivity (Wildman–Crippen MR) is 215 cm³/mol. The van der Waals surface area contributed by atoms with Gasteiger partial charge in [0.05, 0.1) is 0 Å². The summed E-state index contributed by atoms with van der Waals surface area (Å²) in [5.41, 5.74) is 4.81. The summed E-state index contributed by atoms with van der Waals surface area (Å²) in [4.78, 5) is 0. The number of hydrogen-bond acceptors (Lipinski definition) is 6. The SMILES string of the molecule is CC(C)Cc1ccccc1C(O)(CC(C)C)OP(OC(O)(CC(C)C)c1ccccc1CC(C)C)OC(O)(CC(C)C)c1ccccc1CC(C)C. The Morgan fingerprint density at radius 1 is 0.404 bits per heavy atom. The van der Waals surface area contributed by atoms with E-state index in [2.05, 4.69) is 41.5 Å². The number of hydrogen-bond donors (Lipinski definition) is 3. The molecule has 3 unspecified atom stereocenters. The average molecular weight is 737 g/mol. The van der Waals surface area contributed by atoms with Gasteiger partial charge in [0.15, 0.2) is 0 Å². The van der Waals surface area contributed by atoms with Gasteiger partial charge < -0.3 is 15.3 Å². The van der Waals surface area contributed by atoms with E-state index in [0.29, 0.717) is 34.4 Å². The van der Waals surface area contributed by atoms with Crippen molar-refractivity contribution >= 4 is 8.60 Å². The first-order valence-electron chi connectivity index (χ1n) is 19.6. The van der Waals surface area contributed by atoms with Crippen molar-refractivity contribution in [2.45, 2.75) is 139 Å². The first-order chi connectivity index (χ1) is 24.3. The zero-order valence-electron chi connectivity index (χ0n) is 34.1. The summed E-state index contributed by atoms with van der Waals surface area (Å²) in [5.74, 6) is -4.47. The van der Waals surface area contributed by atoms with E-state index in [-0.39, 0.29) is 37.0 Å². The second-order valence-corrected chi connectivity index (χ2v) is 18.4. The van der Waals surface area contributed by atoms with Gasteiger partial charge in [-0.15, -0.1) is 0 Å². The molecule has 3 N–H and O–H groups in total. The topological polar surface area (TPSA) is 88.4 Å². The molecule has 52 heavy (non-hydrogen) atoms. The van der Waals surface area contributed by atoms with E-state index in [9.17, 15) is 15.3 Å². The Kier molecular flexibility index (Phi) is 16.5. The molecule has 0 aliphatic heterocycles. The van der Waals surface area contributed by atoms with Crippen LogP contribution in [-0.2, 0) is 50.2 Å². The fourth-order valence-corrected chi connectivity index (χ4v) is 8.60. The minimum Gasteiger partial charge on any atom is -0.361 e. The summed E-state index contributed by atoms with van der Waals surface area (Å²) in [6, 6.07) is 23.5. The molecule has 0 spiro atoms. The van der Waals surface area contributed by atoms with E-state index in [0.717, 1.165) is 36.0 Å². The quantitative estimate of drug-likeness (QED) is 0.0745. The van der Waals surface area contributed by atoms with Crippen molar-refractivity contribution in [3.05, 3.63) is 106 Å². The first kappa shape index (κ1) is 44.2. The molecule has 3 rings (SSSR count). The summed E-state index contributed by atoms with van der Waals surface area (Å²) in [6.07, 6.45) is 2.93. The lowest BCUT2D eigenvalue weighted by Gasteiger charge is -2.41. The monoisotopic (exact) mass is 736 g/mol. The van der Waals surface area contributed by atoms with Gasteiger partial charge in [-0.05, 0) is 71.5 Å². The number of rotatable bonds is 21. The molecule has 0 amide bonds. The molecule has 0 bridgehead atoms. The zero-order chi connectivity index (χ0) is 38.9. The van der Waals surface area contributed by atoms with Gasteiger partial charge in [0.2, 0.25) is 17.4 Å². The van der Waals surface area contributed by atoms with Crippen LogP contribution in [-0.4, -0.2) is 15.3 Å². The summed E-state index contributed by atoms with van der Waals surface area (Å²) in [7, 11) is -2.64. The van der Waals surface area contributed by atoms with Crippen LogP contribution in [0.1, 0.15) is 136 Å². The van der Waals surface area contributed by atoms with Crippen LogP contribution in [0.5, 0.6) is 0 Å². The molecule has 290 valence electrons. The fraction of sp³-hybridized carbons (Fsp3) is 0.600. The highest BCUT2D eigenvalue weighted by molar-refractivity contribution is 7.41. The molecule has 0 heterocycles. The van der Waals surface area contributed by atoms with Gasteiger partial charge in [0.1, 0.15) is 0 Å².